The molecule has 1 heterocycles. The Hall–Kier alpha value is -2.57. The highest BCUT2D eigenvalue weighted by molar-refractivity contribution is 6.58. The van der Waals surface area contributed by atoms with E-state index in [0.29, 0.717) is 23.4 Å². The third kappa shape index (κ3) is 3.19. The second-order valence-electron chi connectivity index (χ2n) is 4.86. The smallest absolute Gasteiger partial charge is 0.488 e. The zero-order valence-corrected chi connectivity index (χ0v) is 11.6. The first-order valence-corrected chi connectivity index (χ1v) is 6.73. The monoisotopic (exact) mass is 296 g/mol. The fraction of sp³-hybridized carbons (Fsp3) is 0.0625. The average molecular weight is 296 g/mol. The summed E-state index contributed by atoms with van der Waals surface area (Å²) in [6, 6.07) is 15.1. The van der Waals surface area contributed by atoms with Crippen LogP contribution in [0.15, 0.2) is 63.8 Å². The van der Waals surface area contributed by atoms with Gasteiger partial charge in [0.15, 0.2) is 0 Å². The van der Waals surface area contributed by atoms with Crippen molar-refractivity contribution in [1.29, 1.82) is 0 Å². The molecule has 3 rings (SSSR count). The van der Waals surface area contributed by atoms with E-state index in [2.05, 4.69) is 0 Å². The SMILES string of the molecule is O=c1ccc2ccc(OCc3ccc(B(O)O)cc3)cc2o1. The fourth-order valence-electron chi connectivity index (χ4n) is 2.08. The molecule has 0 saturated heterocycles. The van der Waals surface area contributed by atoms with Crippen molar-refractivity contribution < 1.29 is 19.2 Å². The summed E-state index contributed by atoms with van der Waals surface area (Å²) >= 11 is 0. The van der Waals surface area contributed by atoms with Crippen molar-refractivity contribution in [2.45, 2.75) is 6.61 Å². The first kappa shape index (κ1) is 14.4. The Morgan fingerprint density at radius 2 is 1.73 bits per heavy atom. The van der Waals surface area contributed by atoms with Gasteiger partial charge >= 0.3 is 12.7 Å². The third-order valence-corrected chi connectivity index (χ3v) is 3.28. The van der Waals surface area contributed by atoms with E-state index < -0.39 is 12.7 Å². The molecule has 0 saturated carbocycles. The van der Waals surface area contributed by atoms with E-state index in [4.69, 9.17) is 19.2 Å². The minimum atomic E-state index is -1.47. The Morgan fingerprint density at radius 1 is 1.00 bits per heavy atom. The van der Waals surface area contributed by atoms with Gasteiger partial charge in [0, 0.05) is 17.5 Å². The van der Waals surface area contributed by atoms with E-state index in [-0.39, 0.29) is 0 Å². The van der Waals surface area contributed by atoms with Gasteiger partial charge in [0.25, 0.3) is 0 Å². The molecular formula is C16H13BO5. The van der Waals surface area contributed by atoms with E-state index in [0.717, 1.165) is 10.9 Å². The van der Waals surface area contributed by atoms with E-state index >= 15 is 0 Å². The maximum Gasteiger partial charge on any atom is 0.488 e. The first-order valence-electron chi connectivity index (χ1n) is 6.73. The Labute approximate surface area is 126 Å². The molecule has 6 heteroatoms. The normalized spacial score (nSPS) is 10.6. The minimum absolute atomic E-state index is 0.324. The summed E-state index contributed by atoms with van der Waals surface area (Å²) in [5.41, 5.74) is 1.39. The predicted molar refractivity (Wildman–Crippen MR) is 83.1 cm³/mol. The molecule has 5 nitrogen and oxygen atoms in total. The summed E-state index contributed by atoms with van der Waals surface area (Å²) in [7, 11) is -1.47. The van der Waals surface area contributed by atoms with Crippen LogP contribution in [0.5, 0.6) is 5.75 Å². The van der Waals surface area contributed by atoms with Gasteiger partial charge in [-0.2, -0.15) is 0 Å². The molecule has 3 aromatic rings. The molecule has 110 valence electrons. The zero-order chi connectivity index (χ0) is 15.5. The van der Waals surface area contributed by atoms with Crippen LogP contribution >= 0.6 is 0 Å². The van der Waals surface area contributed by atoms with Crippen LogP contribution in [-0.4, -0.2) is 17.2 Å². The molecule has 1 aromatic heterocycles. The van der Waals surface area contributed by atoms with Crippen LogP contribution < -0.4 is 15.8 Å². The standard InChI is InChI=1S/C16H13BO5/c18-16-8-4-12-3-7-14(9-15(12)22-16)21-10-11-1-5-13(6-2-11)17(19)20/h1-9,19-20H,10H2. The molecule has 0 fully saturated rings. The molecule has 0 radical (unpaired) electrons. The fourth-order valence-corrected chi connectivity index (χ4v) is 2.08. The number of benzene rings is 2. The van der Waals surface area contributed by atoms with E-state index in [9.17, 15) is 4.79 Å². The van der Waals surface area contributed by atoms with Crippen molar-refractivity contribution in [3.63, 3.8) is 0 Å². The summed E-state index contributed by atoms with van der Waals surface area (Å²) in [5.74, 6) is 0.591. The average Bonchev–Trinajstić information content (AvgIpc) is 2.53. The Morgan fingerprint density at radius 3 is 2.45 bits per heavy atom. The van der Waals surface area contributed by atoms with Gasteiger partial charge in [0.2, 0.25) is 0 Å². The minimum Gasteiger partial charge on any atom is -0.489 e. The van der Waals surface area contributed by atoms with Crippen LogP contribution in [-0.2, 0) is 6.61 Å². The molecule has 0 aliphatic carbocycles. The molecule has 2 aromatic carbocycles. The van der Waals surface area contributed by atoms with Crippen molar-refractivity contribution in [3.8, 4) is 5.75 Å². The van der Waals surface area contributed by atoms with Crippen molar-refractivity contribution in [3.05, 3.63) is 70.6 Å². The molecule has 0 aliphatic heterocycles. The van der Waals surface area contributed by atoms with Crippen LogP contribution in [0.2, 0.25) is 0 Å². The molecule has 0 atom stereocenters. The third-order valence-electron chi connectivity index (χ3n) is 3.28. The largest absolute Gasteiger partial charge is 0.489 e. The van der Waals surface area contributed by atoms with Gasteiger partial charge in [-0.15, -0.1) is 0 Å². The maximum absolute atomic E-state index is 11.2. The maximum atomic E-state index is 11.2. The number of fused-ring (bicyclic) bond motifs is 1. The lowest BCUT2D eigenvalue weighted by molar-refractivity contribution is 0.306. The number of hydrogen-bond acceptors (Lipinski definition) is 5. The molecule has 0 unspecified atom stereocenters. The van der Waals surface area contributed by atoms with Gasteiger partial charge in [0.1, 0.15) is 17.9 Å². The topological polar surface area (TPSA) is 79.9 Å². The summed E-state index contributed by atoms with van der Waals surface area (Å²) in [5, 5.41) is 18.9. The van der Waals surface area contributed by atoms with Crippen molar-refractivity contribution in [2.24, 2.45) is 0 Å². The second kappa shape index (κ2) is 6.05. The van der Waals surface area contributed by atoms with Crippen LogP contribution in [0.1, 0.15) is 5.56 Å². The lowest BCUT2D eigenvalue weighted by Crippen LogP contribution is -2.29. The summed E-state index contributed by atoms with van der Waals surface area (Å²) in [4.78, 5) is 11.2. The summed E-state index contributed by atoms with van der Waals surface area (Å²) in [6.45, 7) is 0.324. The molecule has 0 aliphatic rings. The molecule has 0 spiro atoms. The highest BCUT2D eigenvalue weighted by atomic mass is 16.5. The second-order valence-corrected chi connectivity index (χ2v) is 4.86. The highest BCUT2D eigenvalue weighted by Gasteiger charge is 2.09. The van der Waals surface area contributed by atoms with Crippen molar-refractivity contribution in [1.82, 2.24) is 0 Å². The van der Waals surface area contributed by atoms with Gasteiger partial charge in [-0.1, -0.05) is 24.3 Å². The van der Waals surface area contributed by atoms with Crippen LogP contribution in [0.25, 0.3) is 11.0 Å². The number of hydrogen-bond donors (Lipinski definition) is 2. The predicted octanol–water partition coefficient (Wildman–Crippen LogP) is 1.05. The van der Waals surface area contributed by atoms with Crippen molar-refractivity contribution >= 4 is 23.6 Å². The Kier molecular flexibility index (Phi) is 3.95. The van der Waals surface area contributed by atoms with Crippen LogP contribution in [0.4, 0.5) is 0 Å². The molecule has 0 bridgehead atoms. The van der Waals surface area contributed by atoms with E-state index in [1.807, 2.05) is 6.07 Å². The van der Waals surface area contributed by atoms with Crippen LogP contribution in [0.3, 0.4) is 0 Å². The summed E-state index contributed by atoms with van der Waals surface area (Å²) in [6.07, 6.45) is 0. The van der Waals surface area contributed by atoms with Gasteiger partial charge in [0.05, 0.1) is 0 Å². The Balaban J connectivity index is 1.74. The summed E-state index contributed by atoms with van der Waals surface area (Å²) < 4.78 is 10.8. The van der Waals surface area contributed by atoms with Crippen molar-refractivity contribution in [2.75, 3.05) is 0 Å². The Bertz CT molecular complexity index is 839. The van der Waals surface area contributed by atoms with Crippen LogP contribution in [0, 0.1) is 0 Å². The lowest BCUT2D eigenvalue weighted by atomic mass is 9.80. The molecule has 22 heavy (non-hydrogen) atoms. The first-order chi connectivity index (χ1) is 10.6. The number of ether oxygens (including phenoxy) is 1. The molecular weight excluding hydrogens is 283 g/mol. The molecule has 0 amide bonds. The lowest BCUT2D eigenvalue weighted by Gasteiger charge is -2.07. The van der Waals surface area contributed by atoms with Gasteiger partial charge < -0.3 is 19.2 Å². The number of rotatable bonds is 4. The zero-order valence-electron chi connectivity index (χ0n) is 11.6. The van der Waals surface area contributed by atoms with E-state index in [1.54, 1.807) is 42.5 Å². The quantitative estimate of drug-likeness (QED) is 0.556. The molecule has 2 N–H and O–H groups in total. The van der Waals surface area contributed by atoms with E-state index in [1.165, 1.54) is 6.07 Å². The van der Waals surface area contributed by atoms with Gasteiger partial charge in [-0.05, 0) is 29.2 Å². The highest BCUT2D eigenvalue weighted by Crippen LogP contribution is 2.20. The van der Waals surface area contributed by atoms with Gasteiger partial charge in [-0.25, -0.2) is 4.79 Å². The van der Waals surface area contributed by atoms with Gasteiger partial charge in [-0.3, -0.25) is 0 Å².